The molecule has 0 bridgehead atoms. The SMILES string of the molecule is Cc1nn(C2CCS(=O)(=O)C2)c2ncc3c(c12)C(=O)N(CCc1ccccc1)C3=O. The number of sulfone groups is 1. The van der Waals surface area contributed by atoms with Crippen molar-refractivity contribution >= 4 is 32.7 Å². The van der Waals surface area contributed by atoms with Crippen LogP contribution in [0.25, 0.3) is 11.0 Å². The summed E-state index contributed by atoms with van der Waals surface area (Å²) in [5, 5.41) is 5.04. The summed E-state index contributed by atoms with van der Waals surface area (Å²) in [7, 11) is -3.09. The third-order valence-electron chi connectivity index (χ3n) is 5.85. The van der Waals surface area contributed by atoms with Gasteiger partial charge in [-0.2, -0.15) is 5.10 Å². The quantitative estimate of drug-likeness (QED) is 0.593. The number of rotatable bonds is 4. The second kappa shape index (κ2) is 6.73. The molecule has 5 rings (SSSR count). The molecule has 0 aliphatic carbocycles. The van der Waals surface area contributed by atoms with Crippen molar-refractivity contribution in [3.63, 3.8) is 0 Å². The second-order valence-electron chi connectivity index (χ2n) is 7.83. The molecule has 0 radical (unpaired) electrons. The van der Waals surface area contributed by atoms with E-state index in [1.165, 1.54) is 11.1 Å². The molecule has 3 aromatic rings. The van der Waals surface area contributed by atoms with Gasteiger partial charge in [0.25, 0.3) is 11.8 Å². The monoisotopic (exact) mass is 424 g/mol. The van der Waals surface area contributed by atoms with Crippen LogP contribution in [0.4, 0.5) is 0 Å². The van der Waals surface area contributed by atoms with E-state index in [1.54, 1.807) is 11.6 Å². The Morgan fingerprint density at radius 2 is 1.90 bits per heavy atom. The van der Waals surface area contributed by atoms with Gasteiger partial charge >= 0.3 is 0 Å². The fourth-order valence-electron chi connectivity index (χ4n) is 4.35. The third-order valence-corrected chi connectivity index (χ3v) is 7.60. The molecule has 9 heteroatoms. The van der Waals surface area contributed by atoms with Gasteiger partial charge in [-0.05, 0) is 25.3 Å². The Kier molecular flexibility index (Phi) is 4.25. The van der Waals surface area contributed by atoms with Crippen molar-refractivity contribution in [1.29, 1.82) is 0 Å². The summed E-state index contributed by atoms with van der Waals surface area (Å²) in [4.78, 5) is 31.7. The lowest BCUT2D eigenvalue weighted by Gasteiger charge is -2.13. The number of hydrogen-bond acceptors (Lipinski definition) is 6. The van der Waals surface area contributed by atoms with E-state index < -0.39 is 9.84 Å². The van der Waals surface area contributed by atoms with Crippen LogP contribution in [0, 0.1) is 6.92 Å². The Morgan fingerprint density at radius 3 is 2.60 bits per heavy atom. The number of hydrogen-bond donors (Lipinski definition) is 0. The zero-order valence-electron chi connectivity index (χ0n) is 16.4. The maximum atomic E-state index is 13.2. The summed E-state index contributed by atoms with van der Waals surface area (Å²) in [6.07, 6.45) is 2.45. The highest BCUT2D eigenvalue weighted by atomic mass is 32.2. The van der Waals surface area contributed by atoms with E-state index in [0.717, 1.165) is 5.56 Å². The van der Waals surface area contributed by atoms with E-state index in [4.69, 9.17) is 0 Å². The van der Waals surface area contributed by atoms with Crippen molar-refractivity contribution in [3.05, 3.63) is 58.9 Å². The minimum Gasteiger partial charge on any atom is -0.274 e. The number of carbonyl (C=O) groups is 2. The van der Waals surface area contributed by atoms with E-state index in [2.05, 4.69) is 10.1 Å². The number of benzene rings is 1. The van der Waals surface area contributed by atoms with Crippen molar-refractivity contribution in [2.75, 3.05) is 18.1 Å². The molecule has 1 unspecified atom stereocenters. The topological polar surface area (TPSA) is 102 Å². The molecule has 2 aliphatic heterocycles. The average molecular weight is 424 g/mol. The van der Waals surface area contributed by atoms with Crippen LogP contribution in [-0.2, 0) is 16.3 Å². The molecular weight excluding hydrogens is 404 g/mol. The van der Waals surface area contributed by atoms with Crippen LogP contribution in [0.2, 0.25) is 0 Å². The standard InChI is InChI=1S/C21H20N4O4S/c1-13-17-18-16(11-22-19(17)25(23-13)15-8-10-30(28,29)12-15)20(26)24(21(18)27)9-7-14-5-3-2-4-6-14/h2-6,11,15H,7-10,12H2,1H3. The van der Waals surface area contributed by atoms with Crippen LogP contribution >= 0.6 is 0 Å². The molecule has 154 valence electrons. The molecule has 2 aromatic heterocycles. The highest BCUT2D eigenvalue weighted by molar-refractivity contribution is 7.91. The van der Waals surface area contributed by atoms with E-state index >= 15 is 0 Å². The molecule has 0 saturated carbocycles. The van der Waals surface area contributed by atoms with Gasteiger partial charge in [-0.15, -0.1) is 0 Å². The lowest BCUT2D eigenvalue weighted by atomic mass is 10.1. The van der Waals surface area contributed by atoms with Crippen molar-refractivity contribution in [2.45, 2.75) is 25.8 Å². The molecule has 8 nitrogen and oxygen atoms in total. The number of carbonyl (C=O) groups excluding carboxylic acids is 2. The minimum atomic E-state index is -3.09. The lowest BCUT2D eigenvalue weighted by molar-refractivity contribution is 0.0656. The van der Waals surface area contributed by atoms with Crippen molar-refractivity contribution < 1.29 is 18.0 Å². The van der Waals surface area contributed by atoms with E-state index in [-0.39, 0.29) is 41.5 Å². The number of amides is 2. The predicted molar refractivity (Wildman–Crippen MR) is 110 cm³/mol. The second-order valence-corrected chi connectivity index (χ2v) is 10.1. The van der Waals surface area contributed by atoms with Crippen LogP contribution in [0.15, 0.2) is 36.5 Å². The normalized spacial score (nSPS) is 20.3. The van der Waals surface area contributed by atoms with Gasteiger partial charge in [0.15, 0.2) is 15.5 Å². The Hall–Kier alpha value is -3.07. The number of imide groups is 1. The number of aryl methyl sites for hydroxylation is 1. The van der Waals surface area contributed by atoms with E-state index in [1.807, 2.05) is 30.3 Å². The fraction of sp³-hybridized carbons (Fsp3) is 0.333. The maximum Gasteiger partial charge on any atom is 0.263 e. The third kappa shape index (κ3) is 2.92. The molecule has 30 heavy (non-hydrogen) atoms. The highest BCUT2D eigenvalue weighted by Crippen LogP contribution is 2.34. The fourth-order valence-corrected chi connectivity index (χ4v) is 6.04. The molecule has 1 saturated heterocycles. The van der Waals surface area contributed by atoms with Crippen molar-refractivity contribution in [1.82, 2.24) is 19.7 Å². The summed E-state index contributed by atoms with van der Waals surface area (Å²) in [5.41, 5.74) is 2.68. The van der Waals surface area contributed by atoms with E-state index in [0.29, 0.717) is 35.1 Å². The number of fused-ring (bicyclic) bond motifs is 3. The van der Waals surface area contributed by atoms with Gasteiger partial charge in [0, 0.05) is 12.7 Å². The minimum absolute atomic E-state index is 0.0120. The summed E-state index contributed by atoms with van der Waals surface area (Å²) in [6, 6.07) is 9.38. The van der Waals surface area contributed by atoms with Crippen LogP contribution < -0.4 is 0 Å². The van der Waals surface area contributed by atoms with Gasteiger partial charge in [-0.1, -0.05) is 30.3 Å². The van der Waals surface area contributed by atoms with Gasteiger partial charge in [0.2, 0.25) is 0 Å². The van der Waals surface area contributed by atoms with Gasteiger partial charge in [-0.25, -0.2) is 18.1 Å². The first-order valence-electron chi connectivity index (χ1n) is 9.84. The smallest absolute Gasteiger partial charge is 0.263 e. The average Bonchev–Trinajstić information content (AvgIpc) is 3.34. The molecule has 4 heterocycles. The Bertz CT molecular complexity index is 1300. The Labute approximate surface area is 173 Å². The van der Waals surface area contributed by atoms with Gasteiger partial charge in [0.05, 0.1) is 39.8 Å². The largest absolute Gasteiger partial charge is 0.274 e. The van der Waals surface area contributed by atoms with Crippen LogP contribution in [-0.4, -0.2) is 57.9 Å². The zero-order valence-corrected chi connectivity index (χ0v) is 17.2. The van der Waals surface area contributed by atoms with Crippen LogP contribution in [0.1, 0.15) is 44.4 Å². The number of aromatic nitrogens is 3. The predicted octanol–water partition coefficient (Wildman–Crippen LogP) is 1.94. The maximum absolute atomic E-state index is 13.2. The lowest BCUT2D eigenvalue weighted by Crippen LogP contribution is -2.31. The highest BCUT2D eigenvalue weighted by Gasteiger charge is 2.39. The Balaban J connectivity index is 1.52. The summed E-state index contributed by atoms with van der Waals surface area (Å²) in [6.45, 7) is 2.04. The molecule has 1 atom stereocenters. The van der Waals surface area contributed by atoms with Crippen LogP contribution in [0.5, 0.6) is 0 Å². The molecule has 1 fully saturated rings. The molecule has 2 amide bonds. The van der Waals surface area contributed by atoms with Gasteiger partial charge < -0.3 is 0 Å². The van der Waals surface area contributed by atoms with Crippen LogP contribution in [0.3, 0.4) is 0 Å². The van der Waals surface area contributed by atoms with E-state index in [9.17, 15) is 18.0 Å². The zero-order chi connectivity index (χ0) is 21.0. The molecule has 0 spiro atoms. The summed E-state index contributed by atoms with van der Waals surface area (Å²) in [5.74, 6) is -0.567. The van der Waals surface area contributed by atoms with Crippen molar-refractivity contribution in [2.24, 2.45) is 0 Å². The number of pyridine rings is 1. The van der Waals surface area contributed by atoms with Crippen molar-refractivity contribution in [3.8, 4) is 0 Å². The number of nitrogens with zero attached hydrogens (tertiary/aromatic N) is 4. The molecular formula is C21H20N4O4S. The first-order valence-corrected chi connectivity index (χ1v) is 11.7. The summed E-state index contributed by atoms with van der Waals surface area (Å²) < 4.78 is 25.4. The first-order chi connectivity index (χ1) is 14.4. The van der Waals surface area contributed by atoms with Gasteiger partial charge in [0.1, 0.15) is 0 Å². The molecule has 0 N–H and O–H groups in total. The first kappa shape index (κ1) is 18.9. The van der Waals surface area contributed by atoms with Gasteiger partial charge in [-0.3, -0.25) is 14.5 Å². The summed E-state index contributed by atoms with van der Waals surface area (Å²) >= 11 is 0. The molecule has 2 aliphatic rings. The molecule has 1 aromatic carbocycles. The Morgan fingerprint density at radius 1 is 1.13 bits per heavy atom.